The SMILES string of the molecule is C.Cc1cc(C(=O)Nc2cc(F)cc(C(OCC3CC3)c3ccccc3)c2)n(-c2cccc(CN)c2)n1.NCCNCCN.O=S(=O)(O)C(F)(F)F.O=S(=O)(O)C(F)(F)F.O=S(=O)(O)C(F)(F)F.OCC1CC1.[C-]#[N+]c1cccc(-n2nc(C)cc2C(=O)Nc2cc(F)cc(C(O)c3ccccc3)c2)c1.[C-]#[N+]c1cccc(-n2nc(C)cc2C(=O)Nc2cc(F)cc(C(OCC3CC3)c3ccccc3)c2)c1.[Yb]. The van der Waals surface area contributed by atoms with Gasteiger partial charge in [0, 0.05) is 103 Å². The van der Waals surface area contributed by atoms with Crippen LogP contribution in [0.15, 0.2) is 237 Å². The molecule has 9 aromatic carbocycles. The number of hydrogen-bond acceptors (Lipinski definition) is 20. The van der Waals surface area contributed by atoms with Crippen molar-refractivity contribution >= 4 is 76.5 Å². The Morgan fingerprint density at radius 2 is 0.725 bits per heavy atom. The topological polar surface area (TPSA) is 462 Å². The number of halogens is 12. The van der Waals surface area contributed by atoms with Crippen LogP contribution in [-0.4, -0.2) is 159 Å². The Morgan fingerprint density at radius 1 is 0.430 bits per heavy atom. The van der Waals surface area contributed by atoms with E-state index in [0.29, 0.717) is 136 Å². The minimum atomic E-state index is -5.84. The molecule has 3 aliphatic carbocycles. The molecule has 768 valence electrons. The smallest absolute Gasteiger partial charge is 0.396 e. The number of aliphatic hydroxyl groups excluding tert-OH is 2. The largest absolute Gasteiger partial charge is 0.522 e. The second kappa shape index (κ2) is 55.1. The number of anilines is 3. The van der Waals surface area contributed by atoms with Crippen molar-refractivity contribution in [1.29, 1.82) is 0 Å². The van der Waals surface area contributed by atoms with Crippen LogP contribution in [0.3, 0.4) is 0 Å². The van der Waals surface area contributed by atoms with E-state index in [-0.39, 0.29) is 77.3 Å². The number of amides is 3. The zero-order chi connectivity index (χ0) is 103. The summed E-state index contributed by atoms with van der Waals surface area (Å²) in [6, 6.07) is 67.5. The number of aliphatic hydroxyl groups is 2. The van der Waals surface area contributed by atoms with Gasteiger partial charge in [0.1, 0.15) is 52.8 Å². The number of aryl methyl sites for hydroxylation is 3. The Balaban J connectivity index is 0.000000275. The number of aromatic nitrogens is 6. The maximum absolute atomic E-state index is 14.8. The van der Waals surface area contributed by atoms with Crippen LogP contribution >= 0.6 is 0 Å². The molecule has 3 fully saturated rings. The van der Waals surface area contributed by atoms with Gasteiger partial charge in [0.25, 0.3) is 17.7 Å². The Bertz CT molecular complexity index is 6510. The van der Waals surface area contributed by atoms with Crippen molar-refractivity contribution < 1.29 is 173 Å². The number of nitrogens with zero attached hydrogens (tertiary/aromatic N) is 8. The summed E-state index contributed by atoms with van der Waals surface area (Å²) < 4.78 is 233. The van der Waals surface area contributed by atoms with Crippen molar-refractivity contribution in [3.63, 3.8) is 0 Å². The number of nitrogens with two attached hydrogens (primary N) is 3. The molecule has 3 aliphatic rings. The van der Waals surface area contributed by atoms with Crippen LogP contribution in [0.25, 0.3) is 26.8 Å². The molecule has 3 heterocycles. The zero-order valence-electron chi connectivity index (χ0n) is 74.9. The van der Waals surface area contributed by atoms with Gasteiger partial charge in [-0.3, -0.25) is 28.0 Å². The summed E-state index contributed by atoms with van der Waals surface area (Å²) in [7, 11) is -17.5. The maximum Gasteiger partial charge on any atom is 0.522 e. The van der Waals surface area contributed by atoms with Gasteiger partial charge < -0.3 is 58.2 Å². The van der Waals surface area contributed by atoms with Crippen LogP contribution in [0.1, 0.15) is 152 Å². The van der Waals surface area contributed by atoms with E-state index in [0.717, 1.165) is 61.2 Å². The van der Waals surface area contributed by atoms with Crippen LogP contribution in [0.5, 0.6) is 0 Å². The van der Waals surface area contributed by atoms with Gasteiger partial charge in [-0.25, -0.2) is 36.9 Å². The molecule has 3 atom stereocenters. The fourth-order valence-corrected chi connectivity index (χ4v) is 12.4. The van der Waals surface area contributed by atoms with E-state index in [1.807, 2.05) is 97.9 Å². The van der Waals surface area contributed by atoms with Crippen LogP contribution < -0.4 is 38.5 Å². The normalized spacial score (nSPS) is 13.3. The number of nitrogens with one attached hydrogen (secondary N) is 4. The molecular formula is C95H101F12N15O16S3Yb. The van der Waals surface area contributed by atoms with Gasteiger partial charge in [-0.2, -0.15) is 80.1 Å². The van der Waals surface area contributed by atoms with E-state index in [1.165, 1.54) is 64.7 Å². The first kappa shape index (κ1) is 119. The average Bonchev–Trinajstić information content (AvgIpc) is 1.71. The molecule has 0 saturated heterocycles. The van der Waals surface area contributed by atoms with E-state index in [1.54, 1.807) is 122 Å². The van der Waals surface area contributed by atoms with Crippen molar-refractivity contribution in [3.05, 3.63) is 350 Å². The van der Waals surface area contributed by atoms with Crippen molar-refractivity contribution in [2.45, 2.75) is 108 Å². The molecular weight excluding hydrogens is 2100 g/mol. The van der Waals surface area contributed by atoms with E-state index < -0.39 is 94.5 Å². The minimum Gasteiger partial charge on any atom is -0.396 e. The summed E-state index contributed by atoms with van der Waals surface area (Å²) >= 11 is 0. The fraction of sp³-hybridized carbons (Fsp3) is 0.284. The molecule has 15 N–H and O–H groups in total. The summed E-state index contributed by atoms with van der Waals surface area (Å²) in [5.74, 6) is -1.01. The molecule has 0 aliphatic heterocycles. The molecule has 12 aromatic rings. The number of benzene rings is 9. The molecule has 3 aromatic heterocycles. The number of carbonyl (C=O) groups is 3. The molecule has 47 heteroatoms. The minimum absolute atomic E-state index is 0. The molecule has 0 radical (unpaired) electrons. The first-order valence-corrected chi connectivity index (χ1v) is 46.6. The molecule has 31 nitrogen and oxygen atoms in total. The Morgan fingerprint density at radius 3 is 1.01 bits per heavy atom. The standard InChI is InChI=1S/C29H25FN4O2.C29H29FN4O2.C25H19FN4O2.C4H13N3.C4H8O.3CHF3O3S.CH4.Yb/c1-19-13-27(34(33-19)26-10-6-9-24(17-26)31-2)29(35)32-25-15-22(14-23(30)16-25)28(36-18-20-11-12-20)21-7-4-3-5-8-21;1-19-12-27(34(33-19)26-9-5-6-21(13-26)17-31)29(35)32-25-15-23(14-24(30)16-25)28(36-18-20-10-11-20)22-7-3-2-4-8-22;1-16-11-23(30(29-16)22-10-6-9-20(15-22)27-2)25(32)28-21-13-18(12-19(26)14-21)24(31)17-7-4-3-5-8-17;5-1-3-7-4-2-6;5-3-4-1-2-4;3*2-1(3,4)8(5,6)7;;/h3-10,13-17,20,28H,11-12,18H2,1H3,(H,32,35);2-9,12-16,20,28H,10-11,17-18,31H2,1H3,(H,32,35);3-15,24,31H,1H3,(H,28,32);7H,1-6H2;4-5H,1-3H2;3*(H,5,6,7);1H4;. The zero-order valence-corrected chi connectivity index (χ0v) is 79.1. The number of alkyl halides is 9. The molecule has 3 unspecified atom stereocenters. The number of ether oxygens (including phenoxy) is 2. The quantitative estimate of drug-likeness (QED) is 0.00748. The predicted octanol–water partition coefficient (Wildman–Crippen LogP) is 18.1. The van der Waals surface area contributed by atoms with Gasteiger partial charge in [-0.1, -0.05) is 135 Å². The monoisotopic (exact) mass is 2210 g/mol. The summed E-state index contributed by atoms with van der Waals surface area (Å²) in [4.78, 5) is 46.5. The predicted molar refractivity (Wildman–Crippen MR) is 503 cm³/mol. The third-order valence-electron chi connectivity index (χ3n) is 19.6. The van der Waals surface area contributed by atoms with Gasteiger partial charge in [0.15, 0.2) is 11.4 Å². The summed E-state index contributed by atoms with van der Waals surface area (Å²) in [6.07, 6.45) is 5.24. The Kier molecular flexibility index (Phi) is 46.1. The first-order valence-electron chi connectivity index (χ1n) is 42.2. The Labute approximate surface area is 849 Å². The third kappa shape index (κ3) is 38.4. The van der Waals surface area contributed by atoms with Crippen LogP contribution in [0, 0.1) is 116 Å². The van der Waals surface area contributed by atoms with Gasteiger partial charge >= 0.3 is 46.9 Å². The van der Waals surface area contributed by atoms with Crippen LogP contribution in [0.4, 0.5) is 81.1 Å². The van der Waals surface area contributed by atoms with Crippen molar-refractivity contribution in [2.75, 3.05) is 62.0 Å². The first-order chi connectivity index (χ1) is 66.0. The number of carbonyl (C=O) groups excluding carboxylic acids is 3. The van der Waals surface area contributed by atoms with Crippen molar-refractivity contribution in [3.8, 4) is 17.1 Å². The Hall–Kier alpha value is -11.9. The van der Waals surface area contributed by atoms with Gasteiger partial charge in [-0.15, -0.1) is 0 Å². The van der Waals surface area contributed by atoms with Crippen molar-refractivity contribution in [1.82, 2.24) is 34.7 Å². The van der Waals surface area contributed by atoms with Crippen molar-refractivity contribution in [2.24, 2.45) is 35.0 Å². The summed E-state index contributed by atoms with van der Waals surface area (Å²) in [5, 5.41) is 43.5. The maximum atomic E-state index is 14.8. The van der Waals surface area contributed by atoms with Crippen LogP contribution in [0.2, 0.25) is 0 Å². The van der Waals surface area contributed by atoms with Gasteiger partial charge in [-0.05, 0) is 225 Å². The number of rotatable bonds is 27. The molecule has 0 spiro atoms. The second-order valence-electron chi connectivity index (χ2n) is 31.2. The van der Waals surface area contributed by atoms with E-state index >= 15 is 0 Å². The molecule has 3 amide bonds. The summed E-state index contributed by atoms with van der Waals surface area (Å²) in [6.45, 7) is 25.0. The fourth-order valence-electron chi connectivity index (χ4n) is 12.4. The molecule has 3 saturated carbocycles. The van der Waals surface area contributed by atoms with E-state index in [2.05, 4.69) is 46.3 Å². The average molecular weight is 2210 g/mol. The van der Waals surface area contributed by atoms with Gasteiger partial charge in [0.2, 0.25) is 0 Å². The molecule has 0 bridgehead atoms. The van der Waals surface area contributed by atoms with Crippen LogP contribution in [-0.2, 0) is 46.4 Å². The molecule has 142 heavy (non-hydrogen) atoms. The number of hydrogen-bond donors (Lipinski definition) is 12. The van der Waals surface area contributed by atoms with Gasteiger partial charge in [0.05, 0.1) is 60.5 Å². The third-order valence-corrected chi connectivity index (χ3v) is 21.4. The van der Waals surface area contributed by atoms with E-state index in [9.17, 15) is 72.2 Å². The second-order valence-corrected chi connectivity index (χ2v) is 35.5. The van der Waals surface area contributed by atoms with E-state index in [4.69, 9.17) is 83.8 Å². The molecule has 15 rings (SSSR count). The summed E-state index contributed by atoms with van der Waals surface area (Å²) in [5.41, 5.74) is 11.0.